The summed E-state index contributed by atoms with van der Waals surface area (Å²) in [6, 6.07) is 17.9. The van der Waals surface area contributed by atoms with Crippen LogP contribution in [0.25, 0.3) is 6.08 Å². The van der Waals surface area contributed by atoms with Gasteiger partial charge in [-0.15, -0.1) is 0 Å². The van der Waals surface area contributed by atoms with Crippen molar-refractivity contribution in [3.05, 3.63) is 90.0 Å². The first-order valence-corrected chi connectivity index (χ1v) is 9.07. The van der Waals surface area contributed by atoms with Crippen molar-refractivity contribution in [2.45, 2.75) is 32.4 Å². The molecular weight excluding hydrogens is 336 g/mol. The van der Waals surface area contributed by atoms with E-state index in [1.54, 1.807) is 17.1 Å². The van der Waals surface area contributed by atoms with Crippen molar-refractivity contribution < 1.29 is 4.79 Å². The van der Waals surface area contributed by atoms with E-state index in [2.05, 4.69) is 41.4 Å². The minimum atomic E-state index is -0.187. The lowest BCUT2D eigenvalue weighted by atomic mass is 10.0. The van der Waals surface area contributed by atoms with Crippen LogP contribution in [-0.2, 0) is 11.3 Å². The number of aromatic nitrogens is 3. The maximum Gasteiger partial charge on any atom is 0.244 e. The third kappa shape index (κ3) is 5.38. The first-order chi connectivity index (χ1) is 13.1. The third-order valence-electron chi connectivity index (χ3n) is 4.38. The van der Waals surface area contributed by atoms with Crippen LogP contribution in [-0.4, -0.2) is 20.7 Å². The van der Waals surface area contributed by atoms with Crippen molar-refractivity contribution >= 4 is 12.0 Å². The number of hydrogen-bond acceptors (Lipinski definition) is 3. The van der Waals surface area contributed by atoms with E-state index in [4.69, 9.17) is 0 Å². The maximum atomic E-state index is 12.5. The minimum Gasteiger partial charge on any atom is -0.344 e. The van der Waals surface area contributed by atoms with Crippen LogP contribution >= 0.6 is 0 Å². The van der Waals surface area contributed by atoms with Gasteiger partial charge in [-0.1, -0.05) is 68.4 Å². The smallest absolute Gasteiger partial charge is 0.244 e. The van der Waals surface area contributed by atoms with E-state index in [1.807, 2.05) is 48.5 Å². The van der Waals surface area contributed by atoms with E-state index in [1.165, 1.54) is 11.9 Å². The molecular formula is C22H24N4O. The van der Waals surface area contributed by atoms with Crippen LogP contribution in [0.3, 0.4) is 0 Å². The van der Waals surface area contributed by atoms with E-state index in [9.17, 15) is 4.79 Å². The molecule has 5 nitrogen and oxygen atoms in total. The Bertz CT molecular complexity index is 868. The summed E-state index contributed by atoms with van der Waals surface area (Å²) in [7, 11) is 0. The van der Waals surface area contributed by atoms with Crippen LogP contribution < -0.4 is 5.32 Å². The van der Waals surface area contributed by atoms with Gasteiger partial charge in [0.25, 0.3) is 0 Å². The quantitative estimate of drug-likeness (QED) is 0.649. The predicted octanol–water partition coefficient (Wildman–Crippen LogP) is 3.97. The molecule has 0 aliphatic rings. The number of benzene rings is 2. The zero-order valence-electron chi connectivity index (χ0n) is 15.6. The fourth-order valence-electron chi connectivity index (χ4n) is 2.82. The first kappa shape index (κ1) is 18.6. The van der Waals surface area contributed by atoms with Crippen molar-refractivity contribution in [2.75, 3.05) is 0 Å². The average molecular weight is 360 g/mol. The summed E-state index contributed by atoms with van der Waals surface area (Å²) >= 11 is 0. The topological polar surface area (TPSA) is 59.8 Å². The highest BCUT2D eigenvalue weighted by molar-refractivity contribution is 5.92. The Morgan fingerprint density at radius 3 is 2.44 bits per heavy atom. The Labute approximate surface area is 159 Å². The molecule has 0 fully saturated rings. The molecule has 1 atom stereocenters. The summed E-state index contributed by atoms with van der Waals surface area (Å²) in [5.74, 6) is 0.353. The molecule has 1 heterocycles. The molecule has 1 amide bonds. The number of carbonyl (C=O) groups excluding carboxylic acids is 1. The van der Waals surface area contributed by atoms with Gasteiger partial charge in [0.1, 0.15) is 12.7 Å². The lowest BCUT2D eigenvalue weighted by Crippen LogP contribution is -2.30. The molecule has 0 bridgehead atoms. The molecule has 1 unspecified atom stereocenters. The summed E-state index contributed by atoms with van der Waals surface area (Å²) in [6.45, 7) is 4.85. The molecule has 0 saturated carbocycles. The fourth-order valence-corrected chi connectivity index (χ4v) is 2.82. The van der Waals surface area contributed by atoms with Crippen LogP contribution in [0.5, 0.6) is 0 Å². The van der Waals surface area contributed by atoms with Crippen molar-refractivity contribution in [3.8, 4) is 0 Å². The molecule has 27 heavy (non-hydrogen) atoms. The number of nitrogens with one attached hydrogen (secondary N) is 1. The van der Waals surface area contributed by atoms with Gasteiger partial charge in [0.2, 0.25) is 5.91 Å². The summed E-state index contributed by atoms with van der Waals surface area (Å²) in [6.07, 6.45) is 6.54. The fraction of sp³-hybridized carbons (Fsp3) is 0.227. The normalized spacial score (nSPS) is 12.4. The van der Waals surface area contributed by atoms with Crippen molar-refractivity contribution in [3.63, 3.8) is 0 Å². The van der Waals surface area contributed by atoms with Gasteiger partial charge in [-0.05, 0) is 28.7 Å². The van der Waals surface area contributed by atoms with Crippen LogP contribution in [0.15, 0.2) is 73.3 Å². The van der Waals surface area contributed by atoms with Gasteiger partial charge in [0.15, 0.2) is 0 Å². The Balaban J connectivity index is 1.68. The van der Waals surface area contributed by atoms with Crippen LogP contribution in [0.2, 0.25) is 0 Å². The van der Waals surface area contributed by atoms with E-state index < -0.39 is 0 Å². The Kier molecular flexibility index (Phi) is 6.15. The second-order valence-corrected chi connectivity index (χ2v) is 6.74. The molecule has 0 saturated heterocycles. The molecule has 0 spiro atoms. The minimum absolute atomic E-state index is 0.142. The third-order valence-corrected chi connectivity index (χ3v) is 4.38. The highest BCUT2D eigenvalue weighted by Gasteiger charge is 2.14. The number of hydrogen-bond donors (Lipinski definition) is 1. The Morgan fingerprint density at radius 1 is 1.07 bits per heavy atom. The second-order valence-electron chi connectivity index (χ2n) is 6.74. The Morgan fingerprint density at radius 2 is 1.81 bits per heavy atom. The molecule has 0 radical (unpaired) electrons. The monoisotopic (exact) mass is 360 g/mol. The highest BCUT2D eigenvalue weighted by atomic mass is 16.1. The Hall–Kier alpha value is -3.21. The van der Waals surface area contributed by atoms with Crippen LogP contribution in [0.4, 0.5) is 0 Å². The van der Waals surface area contributed by atoms with E-state index in [0.29, 0.717) is 12.5 Å². The summed E-state index contributed by atoms with van der Waals surface area (Å²) in [5, 5.41) is 7.20. The maximum absolute atomic E-state index is 12.5. The number of rotatable bonds is 7. The number of amides is 1. The zero-order valence-corrected chi connectivity index (χ0v) is 15.6. The molecule has 1 N–H and O–H groups in total. The average Bonchev–Trinajstić information content (AvgIpc) is 3.20. The summed E-state index contributed by atoms with van der Waals surface area (Å²) in [4.78, 5) is 16.4. The SMILES string of the molecule is CC(C)c1ccc(/C=C/C(=O)NC(Cn2cncn2)c2ccccc2)cc1. The predicted molar refractivity (Wildman–Crippen MR) is 107 cm³/mol. The summed E-state index contributed by atoms with van der Waals surface area (Å²) in [5.41, 5.74) is 3.31. The van der Waals surface area contributed by atoms with Crippen molar-refractivity contribution in [1.82, 2.24) is 20.1 Å². The van der Waals surface area contributed by atoms with Crippen molar-refractivity contribution in [2.24, 2.45) is 0 Å². The van der Waals surface area contributed by atoms with Gasteiger partial charge in [0, 0.05) is 6.08 Å². The number of nitrogens with zero attached hydrogens (tertiary/aromatic N) is 3. The standard InChI is InChI=1S/C22H24N4O/c1-17(2)19-11-8-18(9-12-19)10-13-22(27)25-21(14-26-16-23-15-24-26)20-6-4-3-5-7-20/h3-13,15-17,21H,14H2,1-2H3,(H,25,27)/b13-10+. The van der Waals surface area contributed by atoms with Gasteiger partial charge in [0.05, 0.1) is 12.6 Å². The van der Waals surface area contributed by atoms with Gasteiger partial charge in [-0.25, -0.2) is 4.98 Å². The lowest BCUT2D eigenvalue weighted by Gasteiger charge is -2.18. The second kappa shape index (κ2) is 8.94. The molecule has 0 aliphatic heterocycles. The van der Waals surface area contributed by atoms with E-state index in [-0.39, 0.29) is 11.9 Å². The van der Waals surface area contributed by atoms with Gasteiger partial charge in [-0.2, -0.15) is 5.10 Å². The molecule has 1 aromatic heterocycles. The van der Waals surface area contributed by atoms with Crippen molar-refractivity contribution in [1.29, 1.82) is 0 Å². The first-order valence-electron chi connectivity index (χ1n) is 9.07. The molecule has 5 heteroatoms. The summed E-state index contributed by atoms with van der Waals surface area (Å²) < 4.78 is 1.71. The van der Waals surface area contributed by atoms with Crippen LogP contribution in [0, 0.1) is 0 Å². The molecule has 3 aromatic rings. The van der Waals surface area contributed by atoms with E-state index in [0.717, 1.165) is 11.1 Å². The van der Waals surface area contributed by atoms with Gasteiger partial charge >= 0.3 is 0 Å². The van der Waals surface area contributed by atoms with Gasteiger partial charge < -0.3 is 5.32 Å². The molecule has 3 rings (SSSR count). The molecule has 138 valence electrons. The number of carbonyl (C=O) groups is 1. The van der Waals surface area contributed by atoms with E-state index >= 15 is 0 Å². The molecule has 2 aromatic carbocycles. The largest absolute Gasteiger partial charge is 0.344 e. The highest BCUT2D eigenvalue weighted by Crippen LogP contribution is 2.16. The lowest BCUT2D eigenvalue weighted by molar-refractivity contribution is -0.117. The van der Waals surface area contributed by atoms with Gasteiger partial charge in [-0.3, -0.25) is 9.48 Å². The molecule has 0 aliphatic carbocycles. The van der Waals surface area contributed by atoms with Crippen LogP contribution in [0.1, 0.15) is 42.5 Å². The zero-order chi connectivity index (χ0) is 19.1.